The first-order valence-electron chi connectivity index (χ1n) is 16.7. The van der Waals surface area contributed by atoms with Crippen molar-refractivity contribution in [1.29, 1.82) is 0 Å². The number of aromatic nitrogens is 3. The molecule has 0 spiro atoms. The van der Waals surface area contributed by atoms with Crippen molar-refractivity contribution >= 4 is 57.8 Å². The van der Waals surface area contributed by atoms with Crippen LogP contribution in [0.15, 0.2) is 16.8 Å². The number of carbonyl (C=O) groups is 3. The number of esters is 1. The fraction of sp³-hybridized carbons (Fsp3) is 0.706. The van der Waals surface area contributed by atoms with E-state index in [0.29, 0.717) is 34.5 Å². The van der Waals surface area contributed by atoms with E-state index in [4.69, 9.17) is 17.3 Å². The summed E-state index contributed by atoms with van der Waals surface area (Å²) in [6.07, 6.45) is 13.9. The van der Waals surface area contributed by atoms with Gasteiger partial charge in [-0.1, -0.05) is 0 Å². The average molecular weight is 707 g/mol. The molecule has 4 fully saturated rings. The molecule has 266 valence electrons. The SMILES string of the molecule is CC(C)(C(=O)O)C(NC(=O)c1c[nH]c2ncc(C3CC3)nc12)C1CC1.CC(C)(C)S(=O)N=CC1CC1.COC(=O)C(C)(Cl)C(N)C1CC1. The van der Waals surface area contributed by atoms with E-state index >= 15 is 0 Å². The normalized spacial score (nSPS) is 21.1. The van der Waals surface area contributed by atoms with Gasteiger partial charge >= 0.3 is 11.9 Å². The summed E-state index contributed by atoms with van der Waals surface area (Å²) in [6.45, 7) is 10.8. The second-order valence-electron chi connectivity index (χ2n) is 15.2. The van der Waals surface area contributed by atoms with E-state index in [1.54, 1.807) is 33.2 Å². The molecule has 1 amide bonds. The zero-order valence-corrected chi connectivity index (χ0v) is 30.6. The lowest BCUT2D eigenvalue weighted by Crippen LogP contribution is -2.50. The van der Waals surface area contributed by atoms with Crippen LogP contribution in [-0.4, -0.2) is 77.1 Å². The molecule has 4 saturated carbocycles. The predicted molar refractivity (Wildman–Crippen MR) is 187 cm³/mol. The number of halogens is 1. The Labute approximate surface area is 290 Å². The Hall–Kier alpha value is -2.90. The number of hydrogen-bond acceptors (Lipinski definition) is 8. The summed E-state index contributed by atoms with van der Waals surface area (Å²) in [5, 5.41) is 12.5. The molecule has 4 unspecified atom stereocenters. The molecule has 5 N–H and O–H groups in total. The first-order chi connectivity index (χ1) is 22.4. The van der Waals surface area contributed by atoms with Gasteiger partial charge in [0.15, 0.2) is 10.5 Å². The number of methoxy groups -OCH3 is 1. The van der Waals surface area contributed by atoms with Crippen LogP contribution in [-0.2, 0) is 25.3 Å². The molecule has 4 aliphatic carbocycles. The molecule has 0 radical (unpaired) electrons. The number of carboxylic acids is 1. The summed E-state index contributed by atoms with van der Waals surface area (Å²) in [6, 6.07) is -0.686. The molecule has 6 rings (SSSR count). The van der Waals surface area contributed by atoms with Gasteiger partial charge in [-0.2, -0.15) is 4.40 Å². The monoisotopic (exact) mass is 706 g/mol. The van der Waals surface area contributed by atoms with Crippen LogP contribution in [0, 0.1) is 23.2 Å². The Bertz CT molecular complexity index is 1540. The van der Waals surface area contributed by atoms with E-state index in [2.05, 4.69) is 29.4 Å². The van der Waals surface area contributed by atoms with Gasteiger partial charge in [0, 0.05) is 30.4 Å². The number of rotatable bonds is 11. The van der Waals surface area contributed by atoms with Crippen LogP contribution < -0.4 is 11.1 Å². The summed E-state index contributed by atoms with van der Waals surface area (Å²) < 4.78 is 19.7. The third-order valence-electron chi connectivity index (χ3n) is 9.20. The molecule has 0 saturated heterocycles. The van der Waals surface area contributed by atoms with Crippen molar-refractivity contribution in [1.82, 2.24) is 20.3 Å². The number of carboxylic acid groups (broad SMARTS) is 1. The summed E-state index contributed by atoms with van der Waals surface area (Å²) in [7, 11) is 0.274. The van der Waals surface area contributed by atoms with Gasteiger partial charge in [-0.05, 0) is 111 Å². The molecular formula is C34H51ClN6O6S. The van der Waals surface area contributed by atoms with Crippen molar-refractivity contribution < 1.29 is 28.4 Å². The van der Waals surface area contributed by atoms with E-state index in [1.165, 1.54) is 20.0 Å². The maximum atomic E-state index is 12.8. The molecule has 48 heavy (non-hydrogen) atoms. The van der Waals surface area contributed by atoms with Crippen molar-refractivity contribution in [2.24, 2.45) is 33.3 Å². The number of amides is 1. The van der Waals surface area contributed by atoms with Gasteiger partial charge in [0.2, 0.25) is 0 Å². The third kappa shape index (κ3) is 9.84. The van der Waals surface area contributed by atoms with Crippen LogP contribution in [0.5, 0.6) is 0 Å². The van der Waals surface area contributed by atoms with E-state index < -0.39 is 39.3 Å². The minimum Gasteiger partial charge on any atom is -0.481 e. The number of nitrogens with one attached hydrogen (secondary N) is 2. The fourth-order valence-electron chi connectivity index (χ4n) is 5.10. The summed E-state index contributed by atoms with van der Waals surface area (Å²) in [5.41, 5.74) is 7.27. The predicted octanol–water partition coefficient (Wildman–Crippen LogP) is 5.28. The van der Waals surface area contributed by atoms with E-state index in [0.717, 1.165) is 44.2 Å². The molecule has 0 aromatic carbocycles. The number of alkyl halides is 1. The maximum absolute atomic E-state index is 12.8. The van der Waals surface area contributed by atoms with Crippen LogP contribution in [0.2, 0.25) is 0 Å². The first kappa shape index (κ1) is 37.9. The number of carbonyl (C=O) groups excluding carboxylic acids is 2. The van der Waals surface area contributed by atoms with Gasteiger partial charge in [-0.15, -0.1) is 11.6 Å². The molecule has 4 aliphatic rings. The summed E-state index contributed by atoms with van der Waals surface area (Å²) >= 11 is 5.97. The molecule has 0 aliphatic heterocycles. The van der Waals surface area contributed by atoms with Crippen molar-refractivity contribution in [3.63, 3.8) is 0 Å². The van der Waals surface area contributed by atoms with Crippen molar-refractivity contribution in [2.45, 2.75) is 121 Å². The molecule has 0 bridgehead atoms. The fourth-order valence-corrected chi connectivity index (χ4v) is 5.96. The zero-order chi connectivity index (χ0) is 35.6. The van der Waals surface area contributed by atoms with Crippen molar-refractivity contribution in [2.75, 3.05) is 7.11 Å². The highest BCUT2D eigenvalue weighted by Crippen LogP contribution is 2.42. The molecule has 14 heteroatoms. The van der Waals surface area contributed by atoms with Gasteiger partial charge in [-0.3, -0.25) is 14.4 Å². The maximum Gasteiger partial charge on any atom is 0.328 e. The smallest absolute Gasteiger partial charge is 0.328 e. The minimum atomic E-state index is -1.06. The molecule has 2 heterocycles. The summed E-state index contributed by atoms with van der Waals surface area (Å²) in [5.74, 6) is 0.0526. The Morgan fingerprint density at radius 2 is 1.69 bits per heavy atom. The number of ether oxygens (including phenoxy) is 1. The first-order valence-corrected chi connectivity index (χ1v) is 18.2. The van der Waals surface area contributed by atoms with Crippen molar-refractivity contribution in [3.8, 4) is 0 Å². The Morgan fingerprint density at radius 3 is 2.17 bits per heavy atom. The topological polar surface area (TPSA) is 190 Å². The van der Waals surface area contributed by atoms with Crippen LogP contribution in [0.25, 0.3) is 11.2 Å². The van der Waals surface area contributed by atoms with E-state index in [9.17, 15) is 23.7 Å². The second-order valence-corrected chi connectivity index (χ2v) is 17.9. The lowest BCUT2D eigenvalue weighted by Gasteiger charge is -2.31. The number of aromatic amines is 1. The number of H-pyrrole nitrogens is 1. The largest absolute Gasteiger partial charge is 0.481 e. The Balaban J connectivity index is 0.000000188. The zero-order valence-electron chi connectivity index (χ0n) is 29.0. The van der Waals surface area contributed by atoms with Crippen LogP contribution in [0.4, 0.5) is 0 Å². The number of nitrogens with two attached hydrogens (primary N) is 1. The molecule has 4 atom stereocenters. The molecular weight excluding hydrogens is 656 g/mol. The second kappa shape index (κ2) is 14.9. The van der Waals surface area contributed by atoms with Gasteiger partial charge in [0.05, 0.1) is 34.7 Å². The van der Waals surface area contributed by atoms with Gasteiger partial charge in [0.1, 0.15) is 16.5 Å². The minimum absolute atomic E-state index is 0.203. The summed E-state index contributed by atoms with van der Waals surface area (Å²) in [4.78, 5) is 46.5. The standard InChI is InChI=1S/C18H22N4O3.C8H14ClNO2.C8H15NOS/c1-18(2,17(24)25)14(10-5-6-10)22-16(23)11-7-19-15-13(11)21-12(8-20-15)9-3-4-9;1-8(9,7(11)12-2)6(10)5-3-4-5;1-8(2,3)11(10)9-6-7-4-5-7/h7-10,14H,3-6H2,1-2H3,(H,19,20)(H,22,23)(H,24,25);5-6H,3-4,10H2,1-2H3;6-7H,4-5H2,1-3H3. The molecule has 12 nitrogen and oxygen atoms in total. The van der Waals surface area contributed by atoms with Gasteiger partial charge < -0.3 is 25.9 Å². The van der Waals surface area contributed by atoms with Crippen LogP contribution >= 0.6 is 11.6 Å². The highest BCUT2D eigenvalue weighted by Gasteiger charge is 2.47. The number of aliphatic carboxylic acids is 1. The van der Waals surface area contributed by atoms with Crippen molar-refractivity contribution in [3.05, 3.63) is 23.7 Å². The lowest BCUT2D eigenvalue weighted by molar-refractivity contribution is -0.149. The lowest BCUT2D eigenvalue weighted by atomic mass is 9.81. The number of nitrogens with zero attached hydrogens (tertiary/aromatic N) is 3. The van der Waals surface area contributed by atoms with Gasteiger partial charge in [-0.25, -0.2) is 14.2 Å². The number of hydrogen-bond donors (Lipinski definition) is 4. The van der Waals surface area contributed by atoms with Crippen LogP contribution in [0.3, 0.4) is 0 Å². The third-order valence-corrected chi connectivity index (χ3v) is 11.0. The highest BCUT2D eigenvalue weighted by molar-refractivity contribution is 7.85. The van der Waals surface area contributed by atoms with Gasteiger partial charge in [0.25, 0.3) is 5.91 Å². The average Bonchev–Trinajstić information content (AvgIpc) is 3.85. The highest BCUT2D eigenvalue weighted by atomic mass is 35.5. The quantitative estimate of drug-likeness (QED) is 0.137. The Morgan fingerprint density at radius 1 is 1.08 bits per heavy atom. The molecule has 2 aromatic rings. The molecule has 2 aromatic heterocycles. The Kier molecular flexibility index (Phi) is 11.8. The van der Waals surface area contributed by atoms with E-state index in [1.807, 2.05) is 27.0 Å². The van der Waals surface area contributed by atoms with E-state index in [-0.39, 0.29) is 22.6 Å². The number of fused-ring (bicyclic) bond motifs is 1. The van der Waals surface area contributed by atoms with Crippen LogP contribution in [0.1, 0.15) is 115 Å².